The molecule has 0 bridgehead atoms. The summed E-state index contributed by atoms with van der Waals surface area (Å²) < 4.78 is 1.97. The number of fused-ring (bicyclic) bond motifs is 3. The van der Waals surface area contributed by atoms with Crippen molar-refractivity contribution in [3.8, 4) is 0 Å². The number of thiophene rings is 1. The van der Waals surface area contributed by atoms with Gasteiger partial charge in [0.15, 0.2) is 0 Å². The minimum absolute atomic E-state index is 0.320. The van der Waals surface area contributed by atoms with E-state index in [1.165, 1.54) is 6.33 Å². The number of aliphatic imine (C=N–C) groups is 1. The van der Waals surface area contributed by atoms with Crippen molar-refractivity contribution in [1.29, 1.82) is 0 Å². The van der Waals surface area contributed by atoms with Crippen LogP contribution in [0.15, 0.2) is 48.2 Å². The van der Waals surface area contributed by atoms with Crippen LogP contribution in [0, 0.1) is 0 Å². The molecule has 0 fully saturated rings. The summed E-state index contributed by atoms with van der Waals surface area (Å²) in [6.07, 6.45) is 6.81. The maximum atomic E-state index is 11.9. The molecule has 0 aliphatic rings. The van der Waals surface area contributed by atoms with E-state index < -0.39 is 0 Å². The van der Waals surface area contributed by atoms with Gasteiger partial charge < -0.3 is 11.1 Å². The molecule has 0 saturated carbocycles. The van der Waals surface area contributed by atoms with E-state index in [0.717, 1.165) is 43.6 Å². The second-order valence-corrected chi connectivity index (χ2v) is 7.29. The molecule has 0 unspecified atom stereocenters. The first-order valence-electron chi connectivity index (χ1n) is 9.20. The molecule has 3 rings (SSSR count). The Morgan fingerprint density at radius 2 is 2.18 bits per heavy atom. The molecule has 0 aliphatic carbocycles. The van der Waals surface area contributed by atoms with E-state index in [2.05, 4.69) is 39.8 Å². The van der Waals surface area contributed by atoms with Crippen LogP contribution in [-0.2, 0) is 0 Å². The quantitative estimate of drug-likeness (QED) is 0.457. The summed E-state index contributed by atoms with van der Waals surface area (Å²) in [4.78, 5) is 24.5. The third-order valence-electron chi connectivity index (χ3n) is 4.23. The van der Waals surface area contributed by atoms with Gasteiger partial charge in [0.2, 0.25) is 0 Å². The highest BCUT2D eigenvalue weighted by Crippen LogP contribution is 2.36. The van der Waals surface area contributed by atoms with E-state index in [-0.39, 0.29) is 6.03 Å². The Morgan fingerprint density at radius 1 is 1.36 bits per heavy atom. The molecule has 3 N–H and O–H groups in total. The molecule has 7 heteroatoms. The molecule has 2 heterocycles. The molecule has 1 aromatic carbocycles. The Hall–Kier alpha value is -3.06. The average Bonchev–Trinajstić information content (AvgIpc) is 3.05. The van der Waals surface area contributed by atoms with Crippen molar-refractivity contribution in [3.63, 3.8) is 0 Å². The van der Waals surface area contributed by atoms with Gasteiger partial charge in [0.05, 0.1) is 10.2 Å². The lowest BCUT2D eigenvalue weighted by Crippen LogP contribution is -2.20. The van der Waals surface area contributed by atoms with Crippen molar-refractivity contribution in [2.75, 3.05) is 12.3 Å². The normalized spacial score (nSPS) is 12.5. The van der Waals surface area contributed by atoms with Gasteiger partial charge in [0.25, 0.3) is 0 Å². The third-order valence-corrected chi connectivity index (χ3v) is 5.40. The van der Waals surface area contributed by atoms with Gasteiger partial charge in [0, 0.05) is 22.3 Å². The van der Waals surface area contributed by atoms with Gasteiger partial charge >= 0.3 is 6.03 Å². The number of benzene rings is 1. The van der Waals surface area contributed by atoms with E-state index in [1.54, 1.807) is 17.4 Å². The number of rotatable bonds is 6. The van der Waals surface area contributed by atoms with Crippen LogP contribution in [0.4, 0.5) is 10.6 Å². The molecule has 6 nitrogen and oxygen atoms in total. The number of nitrogens with zero attached hydrogens (tertiary/aromatic N) is 3. The van der Waals surface area contributed by atoms with Crippen LogP contribution in [0.2, 0.25) is 0 Å². The van der Waals surface area contributed by atoms with E-state index >= 15 is 0 Å². The number of hydrogen-bond acceptors (Lipinski definition) is 5. The zero-order valence-electron chi connectivity index (χ0n) is 16.0. The zero-order chi connectivity index (χ0) is 20.1. The summed E-state index contributed by atoms with van der Waals surface area (Å²) >= 11 is 1.57. The van der Waals surface area contributed by atoms with Crippen LogP contribution in [-0.4, -0.2) is 28.3 Å². The van der Waals surface area contributed by atoms with Gasteiger partial charge in [-0.05, 0) is 36.6 Å². The zero-order valence-corrected chi connectivity index (χ0v) is 16.8. The number of amides is 2. The van der Waals surface area contributed by atoms with Gasteiger partial charge in [-0.1, -0.05) is 38.1 Å². The lowest BCUT2D eigenvalue weighted by molar-refractivity contribution is 0.250. The fourth-order valence-electron chi connectivity index (χ4n) is 2.95. The molecule has 28 heavy (non-hydrogen) atoms. The number of nitrogen functional groups attached to an aromatic ring is 1. The van der Waals surface area contributed by atoms with Crippen molar-refractivity contribution in [2.45, 2.75) is 26.7 Å². The Morgan fingerprint density at radius 3 is 2.89 bits per heavy atom. The summed E-state index contributed by atoms with van der Waals surface area (Å²) in [5, 5.41) is 3.75. The molecule has 0 atom stereocenters. The number of allylic oxidation sites excluding steroid dienone is 3. The Balaban J connectivity index is 2.05. The minimum Gasteiger partial charge on any atom is -0.382 e. The number of anilines is 1. The second kappa shape index (κ2) is 8.75. The average molecular weight is 394 g/mol. The molecule has 2 aromatic heterocycles. The molecule has 144 valence electrons. The number of nitrogens with two attached hydrogens (primary N) is 1. The van der Waals surface area contributed by atoms with Crippen molar-refractivity contribution in [1.82, 2.24) is 15.3 Å². The Labute approximate surface area is 167 Å². The summed E-state index contributed by atoms with van der Waals surface area (Å²) in [5.74, 6) is 0.492. The van der Waals surface area contributed by atoms with Crippen molar-refractivity contribution >= 4 is 54.8 Å². The topological polar surface area (TPSA) is 93.3 Å². The van der Waals surface area contributed by atoms with E-state index in [1.807, 2.05) is 25.1 Å². The van der Waals surface area contributed by atoms with Crippen molar-refractivity contribution in [2.24, 2.45) is 4.99 Å². The number of urea groups is 1. The summed E-state index contributed by atoms with van der Waals surface area (Å²) in [5.41, 5.74) is 9.50. The lowest BCUT2D eigenvalue weighted by atomic mass is 10.0. The third kappa shape index (κ3) is 4.09. The molecule has 0 radical (unpaired) electrons. The summed E-state index contributed by atoms with van der Waals surface area (Å²) in [6, 6.07) is 5.83. The largest absolute Gasteiger partial charge is 0.382 e. The van der Waals surface area contributed by atoms with Gasteiger partial charge in [0.1, 0.15) is 12.1 Å². The van der Waals surface area contributed by atoms with Crippen molar-refractivity contribution < 1.29 is 4.79 Å². The van der Waals surface area contributed by atoms with Crippen LogP contribution in [0.25, 0.3) is 25.9 Å². The fourth-order valence-corrected chi connectivity index (χ4v) is 4.05. The molecule has 2 amide bonds. The molecule has 0 saturated heterocycles. The minimum atomic E-state index is -0.320. The van der Waals surface area contributed by atoms with Crippen LogP contribution < -0.4 is 11.1 Å². The monoisotopic (exact) mass is 393 g/mol. The number of hydrogen-bond donors (Lipinski definition) is 2. The standard InChI is InChI=1S/C21H23N5OS/c1-4-7-15(26-21(27)23-6-3)10-13(5-2)14-8-9-16-17(11-14)28-19-18(16)24-12-25-20(19)22/h5,8-12H,2,4,6-7H2,1,3H3,(H,23,27)(H2,22,24,25)/b13-10+,26-15?. The second-order valence-electron chi connectivity index (χ2n) is 6.24. The first-order valence-corrected chi connectivity index (χ1v) is 10.0. The molecule has 3 aromatic rings. The number of carbonyl (C=O) groups excluding carboxylic acids is 1. The van der Waals surface area contributed by atoms with E-state index in [4.69, 9.17) is 5.73 Å². The van der Waals surface area contributed by atoms with Gasteiger partial charge in [-0.2, -0.15) is 4.99 Å². The van der Waals surface area contributed by atoms with E-state index in [0.29, 0.717) is 18.8 Å². The van der Waals surface area contributed by atoms with E-state index in [9.17, 15) is 4.79 Å². The first-order chi connectivity index (χ1) is 13.6. The fraction of sp³-hybridized carbons (Fsp3) is 0.238. The van der Waals surface area contributed by atoms with Gasteiger partial charge in [-0.3, -0.25) is 0 Å². The summed E-state index contributed by atoms with van der Waals surface area (Å²) in [6.45, 7) is 8.42. The molecule has 0 spiro atoms. The maximum absolute atomic E-state index is 11.9. The van der Waals surface area contributed by atoms with Crippen LogP contribution in [0.1, 0.15) is 32.3 Å². The van der Waals surface area contributed by atoms with Gasteiger partial charge in [-0.15, -0.1) is 11.3 Å². The van der Waals surface area contributed by atoms with Crippen LogP contribution >= 0.6 is 11.3 Å². The van der Waals surface area contributed by atoms with Crippen LogP contribution in [0.5, 0.6) is 0 Å². The highest BCUT2D eigenvalue weighted by atomic mass is 32.1. The molecular formula is C21H23N5OS. The Kier molecular flexibility index (Phi) is 6.16. The maximum Gasteiger partial charge on any atom is 0.341 e. The smallest absolute Gasteiger partial charge is 0.341 e. The summed E-state index contributed by atoms with van der Waals surface area (Å²) in [7, 11) is 0. The first kappa shape index (κ1) is 19.7. The SMILES string of the molecule is C=C/C(=C\C(CCC)=NC(=O)NCC)c1ccc2c(c1)sc1c(N)ncnc12. The number of carbonyl (C=O) groups is 1. The lowest BCUT2D eigenvalue weighted by Gasteiger charge is -2.06. The highest BCUT2D eigenvalue weighted by molar-refractivity contribution is 7.26. The molecular weight excluding hydrogens is 370 g/mol. The number of nitrogens with one attached hydrogen (secondary N) is 1. The molecule has 0 aliphatic heterocycles. The predicted molar refractivity (Wildman–Crippen MR) is 119 cm³/mol. The van der Waals surface area contributed by atoms with Gasteiger partial charge in [-0.25, -0.2) is 14.8 Å². The number of aromatic nitrogens is 2. The Bertz CT molecular complexity index is 1100. The highest BCUT2D eigenvalue weighted by Gasteiger charge is 2.11. The van der Waals surface area contributed by atoms with Crippen molar-refractivity contribution in [3.05, 3.63) is 48.8 Å². The van der Waals surface area contributed by atoms with Crippen LogP contribution in [0.3, 0.4) is 0 Å². The predicted octanol–water partition coefficient (Wildman–Crippen LogP) is 4.97.